The van der Waals surface area contributed by atoms with Gasteiger partial charge in [-0.1, -0.05) is 36.4 Å². The molecule has 0 unspecified atom stereocenters. The Morgan fingerprint density at radius 1 is 1.09 bits per heavy atom. The van der Waals surface area contributed by atoms with E-state index in [1.54, 1.807) is 12.0 Å². The van der Waals surface area contributed by atoms with Gasteiger partial charge in [-0.25, -0.2) is 0 Å². The highest BCUT2D eigenvalue weighted by atomic mass is 16.5. The molecule has 3 aromatic rings. The Balaban J connectivity index is 2.07. The minimum absolute atomic E-state index is 0.151. The molecule has 0 aliphatic heterocycles. The summed E-state index contributed by atoms with van der Waals surface area (Å²) in [7, 11) is 1.62. The number of anilines is 1. The minimum atomic E-state index is -0.151. The van der Waals surface area contributed by atoms with Crippen molar-refractivity contribution in [2.45, 2.75) is 13.5 Å². The number of carbonyl (C=O) groups excluding carboxylic acids is 1. The second kappa shape index (κ2) is 6.67. The number of hydrogen-bond acceptors (Lipinski definition) is 3. The molecule has 118 valence electrons. The Bertz CT molecular complexity index is 808. The van der Waals surface area contributed by atoms with Crippen molar-refractivity contribution in [3.05, 3.63) is 65.9 Å². The summed E-state index contributed by atoms with van der Waals surface area (Å²) < 4.78 is 11.1. The molecule has 0 atom stereocenters. The molecular weight excluding hydrogens is 290 g/mol. The van der Waals surface area contributed by atoms with Crippen molar-refractivity contribution < 1.29 is 13.9 Å². The summed E-state index contributed by atoms with van der Waals surface area (Å²) in [6, 6.07) is 17.2. The van der Waals surface area contributed by atoms with Gasteiger partial charge < -0.3 is 14.1 Å². The summed E-state index contributed by atoms with van der Waals surface area (Å²) in [6.07, 6.45) is 0. The SMILES string of the molecule is CCN(C(=O)c1oc2ccccc2c1COC)c1ccccc1. The molecule has 4 nitrogen and oxygen atoms in total. The van der Waals surface area contributed by atoms with Crippen LogP contribution >= 0.6 is 0 Å². The molecule has 1 amide bonds. The molecule has 3 rings (SSSR count). The third-order valence-electron chi connectivity index (χ3n) is 3.81. The number of ether oxygens (including phenoxy) is 1. The Morgan fingerprint density at radius 2 is 1.78 bits per heavy atom. The van der Waals surface area contributed by atoms with Gasteiger partial charge in [0.25, 0.3) is 5.91 Å². The van der Waals surface area contributed by atoms with Crippen LogP contribution in [0, 0.1) is 0 Å². The van der Waals surface area contributed by atoms with Crippen molar-refractivity contribution in [2.24, 2.45) is 0 Å². The van der Waals surface area contributed by atoms with Gasteiger partial charge in [0.1, 0.15) is 5.58 Å². The number of carbonyl (C=O) groups is 1. The van der Waals surface area contributed by atoms with Crippen LogP contribution in [0.5, 0.6) is 0 Å². The van der Waals surface area contributed by atoms with Gasteiger partial charge in [-0.3, -0.25) is 4.79 Å². The molecule has 0 spiro atoms. The van der Waals surface area contributed by atoms with Crippen LogP contribution in [0.2, 0.25) is 0 Å². The van der Waals surface area contributed by atoms with Gasteiger partial charge in [0.2, 0.25) is 0 Å². The van der Waals surface area contributed by atoms with Crippen molar-refractivity contribution >= 4 is 22.6 Å². The van der Waals surface area contributed by atoms with Crippen LogP contribution in [0.25, 0.3) is 11.0 Å². The number of furan rings is 1. The van der Waals surface area contributed by atoms with Crippen LogP contribution in [-0.2, 0) is 11.3 Å². The predicted octanol–water partition coefficient (Wildman–Crippen LogP) is 4.25. The summed E-state index contributed by atoms with van der Waals surface area (Å²) in [5, 5.41) is 0.918. The monoisotopic (exact) mass is 309 g/mol. The molecule has 0 N–H and O–H groups in total. The highest BCUT2D eigenvalue weighted by Crippen LogP contribution is 2.28. The summed E-state index contributed by atoms with van der Waals surface area (Å²) in [5.41, 5.74) is 2.35. The second-order valence-electron chi connectivity index (χ2n) is 5.22. The van der Waals surface area contributed by atoms with E-state index in [2.05, 4.69) is 0 Å². The Labute approximate surface area is 135 Å². The smallest absolute Gasteiger partial charge is 0.294 e. The van der Waals surface area contributed by atoms with Gasteiger partial charge in [-0.2, -0.15) is 0 Å². The number of para-hydroxylation sites is 2. The molecular formula is C19H19NO3. The number of rotatable bonds is 5. The van der Waals surface area contributed by atoms with Crippen molar-refractivity contribution in [3.8, 4) is 0 Å². The van der Waals surface area contributed by atoms with Gasteiger partial charge in [0, 0.05) is 30.3 Å². The fraction of sp³-hybridized carbons (Fsp3) is 0.211. The lowest BCUT2D eigenvalue weighted by Crippen LogP contribution is -2.31. The number of fused-ring (bicyclic) bond motifs is 1. The van der Waals surface area contributed by atoms with E-state index in [4.69, 9.17) is 9.15 Å². The van der Waals surface area contributed by atoms with Gasteiger partial charge in [0.05, 0.1) is 6.61 Å². The fourth-order valence-electron chi connectivity index (χ4n) is 2.73. The summed E-state index contributed by atoms with van der Waals surface area (Å²) in [6.45, 7) is 2.85. The van der Waals surface area contributed by atoms with Crippen molar-refractivity contribution in [3.63, 3.8) is 0 Å². The normalized spacial score (nSPS) is 10.9. The zero-order valence-corrected chi connectivity index (χ0v) is 13.3. The first-order valence-electron chi connectivity index (χ1n) is 7.62. The van der Waals surface area contributed by atoms with Gasteiger partial charge in [-0.05, 0) is 25.1 Å². The van der Waals surface area contributed by atoms with Gasteiger partial charge in [0.15, 0.2) is 5.76 Å². The molecule has 4 heteroatoms. The Morgan fingerprint density at radius 3 is 2.48 bits per heavy atom. The van der Waals surface area contributed by atoms with Crippen molar-refractivity contribution in [1.29, 1.82) is 0 Å². The van der Waals surface area contributed by atoms with E-state index < -0.39 is 0 Å². The van der Waals surface area contributed by atoms with Crippen LogP contribution in [-0.4, -0.2) is 19.6 Å². The lowest BCUT2D eigenvalue weighted by molar-refractivity contribution is 0.0957. The van der Waals surface area contributed by atoms with Crippen LogP contribution in [0.4, 0.5) is 5.69 Å². The second-order valence-corrected chi connectivity index (χ2v) is 5.22. The Hall–Kier alpha value is -2.59. The molecule has 0 aliphatic rings. The maximum Gasteiger partial charge on any atom is 0.294 e. The molecule has 0 aliphatic carbocycles. The van der Waals surface area contributed by atoms with E-state index >= 15 is 0 Å². The zero-order valence-electron chi connectivity index (χ0n) is 13.3. The van der Waals surface area contributed by atoms with E-state index in [1.807, 2.05) is 61.5 Å². The van der Waals surface area contributed by atoms with E-state index in [0.29, 0.717) is 24.5 Å². The number of nitrogens with zero attached hydrogens (tertiary/aromatic N) is 1. The van der Waals surface area contributed by atoms with Gasteiger partial charge >= 0.3 is 0 Å². The number of methoxy groups -OCH3 is 1. The first kappa shape index (κ1) is 15.3. The predicted molar refractivity (Wildman–Crippen MR) is 90.7 cm³/mol. The molecule has 0 saturated carbocycles. The molecule has 0 fully saturated rings. The fourth-order valence-corrected chi connectivity index (χ4v) is 2.73. The molecule has 0 saturated heterocycles. The van der Waals surface area contributed by atoms with E-state index in [0.717, 1.165) is 16.6 Å². The topological polar surface area (TPSA) is 42.7 Å². The lowest BCUT2D eigenvalue weighted by Gasteiger charge is -2.20. The van der Waals surface area contributed by atoms with E-state index in [9.17, 15) is 4.79 Å². The first-order valence-corrected chi connectivity index (χ1v) is 7.62. The average molecular weight is 309 g/mol. The minimum Gasteiger partial charge on any atom is -0.450 e. The summed E-state index contributed by atoms with van der Waals surface area (Å²) in [5.74, 6) is 0.195. The van der Waals surface area contributed by atoms with E-state index in [1.165, 1.54) is 0 Å². The molecule has 2 aromatic carbocycles. The highest BCUT2D eigenvalue weighted by molar-refractivity contribution is 6.08. The molecule has 0 radical (unpaired) electrons. The summed E-state index contributed by atoms with van der Waals surface area (Å²) in [4.78, 5) is 14.7. The van der Waals surface area contributed by atoms with Crippen LogP contribution < -0.4 is 4.90 Å². The van der Waals surface area contributed by atoms with Crippen molar-refractivity contribution in [1.82, 2.24) is 0 Å². The van der Waals surface area contributed by atoms with Crippen LogP contribution in [0.3, 0.4) is 0 Å². The largest absolute Gasteiger partial charge is 0.450 e. The maximum absolute atomic E-state index is 13.0. The summed E-state index contributed by atoms with van der Waals surface area (Å²) >= 11 is 0. The maximum atomic E-state index is 13.0. The third kappa shape index (κ3) is 2.85. The number of benzene rings is 2. The first-order chi connectivity index (χ1) is 11.3. The van der Waals surface area contributed by atoms with Crippen LogP contribution in [0.15, 0.2) is 59.0 Å². The Kier molecular flexibility index (Phi) is 4.44. The molecule has 0 bridgehead atoms. The molecule has 1 aromatic heterocycles. The zero-order chi connectivity index (χ0) is 16.2. The van der Waals surface area contributed by atoms with Crippen LogP contribution in [0.1, 0.15) is 23.0 Å². The average Bonchev–Trinajstić information content (AvgIpc) is 2.96. The quantitative estimate of drug-likeness (QED) is 0.707. The standard InChI is InChI=1S/C19H19NO3/c1-3-20(14-9-5-4-6-10-14)19(21)18-16(13-22-2)15-11-7-8-12-17(15)23-18/h4-12H,3,13H2,1-2H3. The van der Waals surface area contributed by atoms with E-state index in [-0.39, 0.29) is 5.91 Å². The third-order valence-corrected chi connectivity index (χ3v) is 3.81. The number of amides is 1. The lowest BCUT2D eigenvalue weighted by atomic mass is 10.1. The molecule has 23 heavy (non-hydrogen) atoms. The number of hydrogen-bond donors (Lipinski definition) is 0. The molecule has 1 heterocycles. The van der Waals surface area contributed by atoms with Gasteiger partial charge in [-0.15, -0.1) is 0 Å². The van der Waals surface area contributed by atoms with Crippen molar-refractivity contribution in [2.75, 3.05) is 18.6 Å². The highest BCUT2D eigenvalue weighted by Gasteiger charge is 2.25.